The van der Waals surface area contributed by atoms with Crippen LogP contribution in [-0.2, 0) is 0 Å². The summed E-state index contributed by atoms with van der Waals surface area (Å²) in [5.74, 6) is -0.521. The monoisotopic (exact) mass is 220 g/mol. The molecule has 0 saturated carbocycles. The molecular weight excluding hydrogens is 212 g/mol. The van der Waals surface area contributed by atoms with Gasteiger partial charge in [0.1, 0.15) is 5.82 Å². The van der Waals surface area contributed by atoms with Crippen molar-refractivity contribution in [2.24, 2.45) is 0 Å². The third-order valence-corrected chi connectivity index (χ3v) is 1.13. The van der Waals surface area contributed by atoms with Gasteiger partial charge in [0.2, 0.25) is 0 Å². The van der Waals surface area contributed by atoms with E-state index >= 15 is 0 Å². The van der Waals surface area contributed by atoms with Crippen LogP contribution in [0, 0.1) is 6.92 Å². The van der Waals surface area contributed by atoms with Crippen LogP contribution in [0.5, 0.6) is 11.8 Å². The molecule has 0 bridgehead atoms. The van der Waals surface area contributed by atoms with Crippen LogP contribution < -0.4 is 9.47 Å². The van der Waals surface area contributed by atoms with E-state index in [1.807, 2.05) is 0 Å². The van der Waals surface area contributed by atoms with Gasteiger partial charge < -0.3 is 30.1 Å². The molecule has 9 heteroatoms. The average Bonchev–Trinajstić information content (AvgIpc) is 2.28. The van der Waals surface area contributed by atoms with Crippen LogP contribution in [0.25, 0.3) is 0 Å². The zero-order chi connectivity index (χ0) is 10.7. The Morgan fingerprint density at radius 3 is 2.27 bits per heavy atom. The van der Waals surface area contributed by atoms with Gasteiger partial charge in [-0.1, -0.05) is 0 Å². The molecule has 0 amide bonds. The quantitative estimate of drug-likeness (QED) is 0.593. The van der Waals surface area contributed by atoms with Crippen molar-refractivity contribution in [3.05, 3.63) is 5.82 Å². The SMILES string of the molecule is Cc1nc(OC(=O)O)c(OC(=O)O)[nH]1.O. The normalized spacial score (nSPS) is 8.87. The summed E-state index contributed by atoms with van der Waals surface area (Å²) >= 11 is 0. The number of nitrogens with zero attached hydrogens (tertiary/aromatic N) is 1. The number of ether oxygens (including phenoxy) is 2. The summed E-state index contributed by atoms with van der Waals surface area (Å²) in [5, 5.41) is 16.5. The van der Waals surface area contributed by atoms with Crippen LogP contribution in [0.4, 0.5) is 9.59 Å². The first kappa shape index (κ1) is 12.7. The Bertz CT molecular complexity index is 338. The van der Waals surface area contributed by atoms with Crippen molar-refractivity contribution in [3.63, 3.8) is 0 Å². The first-order chi connectivity index (χ1) is 6.49. The molecule has 0 saturated heterocycles. The number of hydrogen-bond donors (Lipinski definition) is 3. The Morgan fingerprint density at radius 1 is 1.27 bits per heavy atom. The summed E-state index contributed by atoms with van der Waals surface area (Å²) in [6.07, 6.45) is -3.20. The minimum atomic E-state index is -1.60. The molecule has 0 aliphatic heterocycles. The first-order valence-electron chi connectivity index (χ1n) is 3.37. The second kappa shape index (κ2) is 4.81. The number of hydrogen-bond acceptors (Lipinski definition) is 5. The number of nitrogens with one attached hydrogen (secondary N) is 1. The predicted octanol–water partition coefficient (Wildman–Crippen LogP) is 0.00702. The average molecular weight is 220 g/mol. The largest absolute Gasteiger partial charge is 0.512 e. The van der Waals surface area contributed by atoms with Crippen molar-refractivity contribution in [2.45, 2.75) is 6.92 Å². The Kier molecular flexibility index (Phi) is 4.08. The van der Waals surface area contributed by atoms with Gasteiger partial charge in [0.15, 0.2) is 0 Å². The summed E-state index contributed by atoms with van der Waals surface area (Å²) in [4.78, 5) is 26.2. The van der Waals surface area contributed by atoms with Crippen molar-refractivity contribution in [1.29, 1.82) is 0 Å². The molecule has 0 aliphatic rings. The van der Waals surface area contributed by atoms with Gasteiger partial charge in [-0.3, -0.25) is 0 Å². The molecule has 0 unspecified atom stereocenters. The lowest BCUT2D eigenvalue weighted by Gasteiger charge is -1.97. The third-order valence-electron chi connectivity index (χ3n) is 1.13. The summed E-state index contributed by atoms with van der Waals surface area (Å²) in [6, 6.07) is 0. The number of rotatable bonds is 2. The van der Waals surface area contributed by atoms with Crippen molar-refractivity contribution in [3.8, 4) is 11.8 Å². The minimum absolute atomic E-state index is 0. The van der Waals surface area contributed by atoms with E-state index in [-0.39, 0.29) is 17.2 Å². The van der Waals surface area contributed by atoms with Gasteiger partial charge in [-0.2, -0.15) is 4.98 Å². The van der Waals surface area contributed by atoms with Crippen LogP contribution in [0.15, 0.2) is 0 Å². The van der Waals surface area contributed by atoms with E-state index < -0.39 is 18.2 Å². The van der Waals surface area contributed by atoms with Gasteiger partial charge in [0.25, 0.3) is 11.8 Å². The zero-order valence-corrected chi connectivity index (χ0v) is 7.47. The molecule has 9 nitrogen and oxygen atoms in total. The molecule has 0 spiro atoms. The lowest BCUT2D eigenvalue weighted by molar-refractivity contribution is 0.130. The van der Waals surface area contributed by atoms with Gasteiger partial charge in [-0.25, -0.2) is 9.59 Å². The van der Waals surface area contributed by atoms with Crippen LogP contribution in [0.1, 0.15) is 5.82 Å². The third kappa shape index (κ3) is 3.52. The van der Waals surface area contributed by atoms with Crippen molar-refractivity contribution < 1.29 is 34.8 Å². The van der Waals surface area contributed by atoms with Gasteiger partial charge in [-0.15, -0.1) is 0 Å². The fourth-order valence-electron chi connectivity index (χ4n) is 0.757. The fraction of sp³-hybridized carbons (Fsp3) is 0.167. The van der Waals surface area contributed by atoms with E-state index in [4.69, 9.17) is 10.2 Å². The lowest BCUT2D eigenvalue weighted by atomic mass is 10.8. The summed E-state index contributed by atoms with van der Waals surface area (Å²) < 4.78 is 8.33. The summed E-state index contributed by atoms with van der Waals surface area (Å²) in [6.45, 7) is 1.49. The van der Waals surface area contributed by atoms with Crippen LogP contribution in [0.2, 0.25) is 0 Å². The number of aromatic amines is 1. The predicted molar refractivity (Wildman–Crippen MR) is 44.2 cm³/mol. The fourth-order valence-corrected chi connectivity index (χ4v) is 0.757. The first-order valence-corrected chi connectivity index (χ1v) is 3.37. The highest BCUT2D eigenvalue weighted by Crippen LogP contribution is 2.23. The molecule has 1 aromatic rings. The molecule has 0 radical (unpaired) electrons. The maximum atomic E-state index is 10.1. The minimum Gasteiger partial charge on any atom is -0.449 e. The highest BCUT2D eigenvalue weighted by atomic mass is 16.7. The molecule has 1 rings (SSSR count). The topological polar surface area (TPSA) is 153 Å². The molecular formula is C6H8N2O7. The molecule has 1 heterocycles. The summed E-state index contributed by atoms with van der Waals surface area (Å²) in [5.41, 5.74) is 0. The highest BCUT2D eigenvalue weighted by Gasteiger charge is 2.16. The zero-order valence-electron chi connectivity index (χ0n) is 7.47. The number of imidazole rings is 1. The Labute approximate surface area is 82.6 Å². The van der Waals surface area contributed by atoms with Crippen LogP contribution in [-0.4, -0.2) is 38.0 Å². The van der Waals surface area contributed by atoms with Crippen molar-refractivity contribution in [2.75, 3.05) is 0 Å². The molecule has 1 aromatic heterocycles. The summed E-state index contributed by atoms with van der Waals surface area (Å²) in [7, 11) is 0. The van der Waals surface area contributed by atoms with E-state index in [0.717, 1.165) is 0 Å². The molecule has 0 aliphatic carbocycles. The molecule has 15 heavy (non-hydrogen) atoms. The second-order valence-electron chi connectivity index (χ2n) is 2.19. The second-order valence-corrected chi connectivity index (χ2v) is 2.19. The maximum absolute atomic E-state index is 10.1. The van der Waals surface area contributed by atoms with E-state index in [0.29, 0.717) is 0 Å². The van der Waals surface area contributed by atoms with Gasteiger partial charge in [-0.05, 0) is 6.92 Å². The Morgan fingerprint density at radius 2 is 1.80 bits per heavy atom. The molecule has 0 fully saturated rings. The van der Waals surface area contributed by atoms with E-state index in [1.165, 1.54) is 6.92 Å². The Hall–Kier alpha value is -2.29. The van der Waals surface area contributed by atoms with E-state index in [1.54, 1.807) is 0 Å². The standard InChI is InChI=1S/C6H6N2O6.H2O/c1-2-7-3(13-5(9)10)4(8-2)14-6(11)12;/h1H3,(H,7,8)(H,9,10)(H,11,12);1H2. The van der Waals surface area contributed by atoms with Crippen molar-refractivity contribution in [1.82, 2.24) is 9.97 Å². The molecule has 84 valence electrons. The smallest absolute Gasteiger partial charge is 0.449 e. The number of H-pyrrole nitrogens is 1. The van der Waals surface area contributed by atoms with Gasteiger partial charge >= 0.3 is 12.3 Å². The molecule has 5 N–H and O–H groups in total. The number of aromatic nitrogens is 2. The Balaban J connectivity index is 0.00000196. The van der Waals surface area contributed by atoms with Crippen LogP contribution >= 0.6 is 0 Å². The highest BCUT2D eigenvalue weighted by molar-refractivity contribution is 5.64. The van der Waals surface area contributed by atoms with Gasteiger partial charge in [0, 0.05) is 0 Å². The molecule has 0 atom stereocenters. The number of aryl methyl sites for hydroxylation is 1. The number of carboxylic acid groups (broad SMARTS) is 2. The number of carbonyl (C=O) groups is 2. The van der Waals surface area contributed by atoms with E-state index in [2.05, 4.69) is 19.4 Å². The maximum Gasteiger partial charge on any atom is 0.512 e. The lowest BCUT2D eigenvalue weighted by Crippen LogP contribution is -2.08. The molecule has 0 aromatic carbocycles. The van der Waals surface area contributed by atoms with Gasteiger partial charge in [0.05, 0.1) is 0 Å². The van der Waals surface area contributed by atoms with Crippen molar-refractivity contribution >= 4 is 12.3 Å². The van der Waals surface area contributed by atoms with E-state index in [9.17, 15) is 9.59 Å². The van der Waals surface area contributed by atoms with Crippen LogP contribution in [0.3, 0.4) is 0 Å².